The minimum absolute atomic E-state index is 0.257. The summed E-state index contributed by atoms with van der Waals surface area (Å²) in [6.45, 7) is 0.759. The van der Waals surface area contributed by atoms with E-state index in [1.807, 2.05) is 30.3 Å². The molecule has 1 atom stereocenters. The standard InChI is InChI=1S/C13H14O2/c1-2-3-9-13(14)11-15-10-12-7-5-4-6-8-12/h1,3-9,13-14H,10-11H2/b9-3+/t13-/m1/s1. The second kappa shape index (κ2) is 6.83. The van der Waals surface area contributed by atoms with Gasteiger partial charge in [-0.25, -0.2) is 0 Å². The van der Waals surface area contributed by atoms with E-state index >= 15 is 0 Å². The van der Waals surface area contributed by atoms with Crippen molar-refractivity contribution in [3.63, 3.8) is 0 Å². The van der Waals surface area contributed by atoms with Crippen molar-refractivity contribution in [2.45, 2.75) is 12.7 Å². The molecule has 2 nitrogen and oxygen atoms in total. The van der Waals surface area contributed by atoms with Crippen LogP contribution in [0.2, 0.25) is 0 Å². The fourth-order valence-electron chi connectivity index (χ4n) is 1.09. The molecule has 0 unspecified atom stereocenters. The predicted octanol–water partition coefficient (Wildman–Crippen LogP) is 1.75. The molecule has 1 aromatic carbocycles. The second-order valence-corrected chi connectivity index (χ2v) is 3.09. The molecule has 0 radical (unpaired) electrons. The average molecular weight is 202 g/mol. The van der Waals surface area contributed by atoms with Crippen molar-refractivity contribution in [3.8, 4) is 12.3 Å². The molecule has 0 heterocycles. The van der Waals surface area contributed by atoms with Gasteiger partial charge in [-0.2, -0.15) is 0 Å². The van der Waals surface area contributed by atoms with E-state index in [0.717, 1.165) is 5.56 Å². The molecule has 0 saturated carbocycles. The molecule has 0 aliphatic heterocycles. The lowest BCUT2D eigenvalue weighted by Crippen LogP contribution is -2.11. The quantitative estimate of drug-likeness (QED) is 0.737. The third-order valence-electron chi connectivity index (χ3n) is 1.81. The van der Waals surface area contributed by atoms with E-state index in [2.05, 4.69) is 5.92 Å². The minimum Gasteiger partial charge on any atom is -0.387 e. The van der Waals surface area contributed by atoms with Crippen molar-refractivity contribution in [1.82, 2.24) is 0 Å². The Balaban J connectivity index is 2.22. The molecule has 0 aliphatic rings. The summed E-state index contributed by atoms with van der Waals surface area (Å²) < 4.78 is 5.31. The first kappa shape index (κ1) is 11.5. The van der Waals surface area contributed by atoms with Crippen molar-refractivity contribution in [1.29, 1.82) is 0 Å². The van der Waals surface area contributed by atoms with Crippen LogP contribution < -0.4 is 0 Å². The third kappa shape index (κ3) is 5.02. The van der Waals surface area contributed by atoms with Crippen LogP contribution in [0, 0.1) is 12.3 Å². The zero-order chi connectivity index (χ0) is 10.9. The Morgan fingerprint density at radius 2 is 2.13 bits per heavy atom. The molecule has 0 aromatic heterocycles. The van der Waals surface area contributed by atoms with E-state index in [-0.39, 0.29) is 6.61 Å². The van der Waals surface area contributed by atoms with Crippen molar-refractivity contribution in [2.75, 3.05) is 6.61 Å². The van der Waals surface area contributed by atoms with Gasteiger partial charge in [0, 0.05) is 0 Å². The fourth-order valence-corrected chi connectivity index (χ4v) is 1.09. The van der Waals surface area contributed by atoms with Gasteiger partial charge in [-0.15, -0.1) is 6.42 Å². The molecular weight excluding hydrogens is 188 g/mol. The highest BCUT2D eigenvalue weighted by Crippen LogP contribution is 2.01. The second-order valence-electron chi connectivity index (χ2n) is 3.09. The first-order chi connectivity index (χ1) is 7.33. The predicted molar refractivity (Wildman–Crippen MR) is 60.1 cm³/mol. The molecule has 0 saturated heterocycles. The molecule has 15 heavy (non-hydrogen) atoms. The van der Waals surface area contributed by atoms with E-state index in [0.29, 0.717) is 6.61 Å². The summed E-state index contributed by atoms with van der Waals surface area (Å²) in [5.41, 5.74) is 1.09. The summed E-state index contributed by atoms with van der Waals surface area (Å²) in [6.07, 6.45) is 7.37. The Kier molecular flexibility index (Phi) is 5.24. The number of allylic oxidation sites excluding steroid dienone is 1. The van der Waals surface area contributed by atoms with E-state index in [1.165, 1.54) is 12.2 Å². The van der Waals surface area contributed by atoms with E-state index in [1.54, 1.807) is 0 Å². The van der Waals surface area contributed by atoms with Crippen molar-refractivity contribution >= 4 is 0 Å². The van der Waals surface area contributed by atoms with Gasteiger partial charge >= 0.3 is 0 Å². The van der Waals surface area contributed by atoms with Crippen LogP contribution in [0.15, 0.2) is 42.5 Å². The molecule has 0 aliphatic carbocycles. The zero-order valence-corrected chi connectivity index (χ0v) is 8.47. The summed E-state index contributed by atoms with van der Waals surface area (Å²) in [5, 5.41) is 9.35. The number of hydrogen-bond acceptors (Lipinski definition) is 2. The maximum Gasteiger partial charge on any atom is 0.0963 e. The molecule has 0 spiro atoms. The zero-order valence-electron chi connectivity index (χ0n) is 8.47. The van der Waals surface area contributed by atoms with Crippen LogP contribution in [-0.2, 0) is 11.3 Å². The maximum absolute atomic E-state index is 9.35. The SMILES string of the molecule is C#C/C=C/[C@@H](O)COCc1ccccc1. The molecule has 78 valence electrons. The Morgan fingerprint density at radius 3 is 2.80 bits per heavy atom. The minimum atomic E-state index is -0.634. The largest absolute Gasteiger partial charge is 0.387 e. The van der Waals surface area contributed by atoms with E-state index < -0.39 is 6.10 Å². The summed E-state index contributed by atoms with van der Waals surface area (Å²) in [7, 11) is 0. The van der Waals surface area contributed by atoms with Gasteiger partial charge in [0.2, 0.25) is 0 Å². The van der Waals surface area contributed by atoms with Gasteiger partial charge in [0.05, 0.1) is 19.3 Å². The Labute approximate surface area is 90.2 Å². The van der Waals surface area contributed by atoms with Crippen molar-refractivity contribution in [3.05, 3.63) is 48.0 Å². The van der Waals surface area contributed by atoms with Gasteiger partial charge in [0.15, 0.2) is 0 Å². The van der Waals surface area contributed by atoms with Gasteiger partial charge in [0.25, 0.3) is 0 Å². The topological polar surface area (TPSA) is 29.5 Å². The molecule has 2 heteroatoms. The van der Waals surface area contributed by atoms with Crippen LogP contribution in [-0.4, -0.2) is 17.8 Å². The summed E-state index contributed by atoms with van der Waals surface area (Å²) in [5.74, 6) is 2.31. The lowest BCUT2D eigenvalue weighted by molar-refractivity contribution is 0.0504. The number of ether oxygens (including phenoxy) is 1. The molecule has 1 rings (SSSR count). The first-order valence-corrected chi connectivity index (χ1v) is 4.75. The number of rotatable bonds is 5. The summed E-state index contributed by atoms with van der Waals surface area (Å²) >= 11 is 0. The molecular formula is C13H14O2. The lowest BCUT2D eigenvalue weighted by Gasteiger charge is -2.06. The number of hydrogen-bond donors (Lipinski definition) is 1. The number of aliphatic hydroxyl groups excluding tert-OH is 1. The van der Waals surface area contributed by atoms with Crippen molar-refractivity contribution in [2.24, 2.45) is 0 Å². The number of benzene rings is 1. The normalized spacial score (nSPS) is 12.5. The van der Waals surface area contributed by atoms with E-state index in [4.69, 9.17) is 11.2 Å². The van der Waals surface area contributed by atoms with Crippen LogP contribution in [0.5, 0.6) is 0 Å². The van der Waals surface area contributed by atoms with Crippen LogP contribution in [0.25, 0.3) is 0 Å². The third-order valence-corrected chi connectivity index (χ3v) is 1.81. The highest BCUT2D eigenvalue weighted by atomic mass is 16.5. The number of terminal acetylenes is 1. The van der Waals surface area contributed by atoms with Crippen LogP contribution in [0.3, 0.4) is 0 Å². The molecule has 0 fully saturated rings. The molecule has 1 N–H and O–H groups in total. The fraction of sp³-hybridized carbons (Fsp3) is 0.231. The van der Waals surface area contributed by atoms with Crippen LogP contribution in [0.4, 0.5) is 0 Å². The number of aliphatic hydroxyl groups is 1. The van der Waals surface area contributed by atoms with Crippen LogP contribution in [0.1, 0.15) is 5.56 Å². The van der Waals surface area contributed by atoms with Gasteiger partial charge in [0.1, 0.15) is 0 Å². The monoisotopic (exact) mass is 202 g/mol. The highest BCUT2D eigenvalue weighted by Gasteiger charge is 1.98. The maximum atomic E-state index is 9.35. The average Bonchev–Trinajstić information content (AvgIpc) is 2.28. The Bertz CT molecular complexity index is 335. The molecule has 0 amide bonds. The van der Waals surface area contributed by atoms with E-state index in [9.17, 15) is 5.11 Å². The smallest absolute Gasteiger partial charge is 0.0963 e. The highest BCUT2D eigenvalue weighted by molar-refractivity contribution is 5.13. The lowest BCUT2D eigenvalue weighted by atomic mass is 10.2. The summed E-state index contributed by atoms with van der Waals surface area (Å²) in [6, 6.07) is 9.81. The van der Waals surface area contributed by atoms with Crippen molar-refractivity contribution < 1.29 is 9.84 Å². The van der Waals surface area contributed by atoms with Gasteiger partial charge in [-0.1, -0.05) is 36.3 Å². The Morgan fingerprint density at radius 1 is 1.40 bits per heavy atom. The van der Waals surface area contributed by atoms with Crippen LogP contribution >= 0.6 is 0 Å². The van der Waals surface area contributed by atoms with Gasteiger partial charge in [-0.05, 0) is 17.7 Å². The first-order valence-electron chi connectivity index (χ1n) is 4.75. The molecule has 1 aromatic rings. The molecule has 0 bridgehead atoms. The van der Waals surface area contributed by atoms with Gasteiger partial charge < -0.3 is 9.84 Å². The Hall–Kier alpha value is -1.56. The van der Waals surface area contributed by atoms with Gasteiger partial charge in [-0.3, -0.25) is 0 Å². The summed E-state index contributed by atoms with van der Waals surface area (Å²) in [4.78, 5) is 0.